The van der Waals surface area contributed by atoms with Crippen molar-refractivity contribution in [1.29, 1.82) is 0 Å². The molecule has 3 heteroatoms. The Morgan fingerprint density at radius 1 is 1.25 bits per heavy atom. The first kappa shape index (κ1) is 9.91. The number of halogens is 1. The molecule has 1 unspecified atom stereocenters. The van der Waals surface area contributed by atoms with Gasteiger partial charge < -0.3 is 4.90 Å². The Morgan fingerprint density at radius 3 is 2.94 bits per heavy atom. The zero-order valence-electron chi connectivity index (χ0n) is 8.94. The summed E-state index contributed by atoms with van der Waals surface area (Å²) in [6.07, 6.45) is 2.92. The van der Waals surface area contributed by atoms with Gasteiger partial charge in [-0.15, -0.1) is 11.6 Å². The van der Waals surface area contributed by atoms with Crippen LogP contribution >= 0.6 is 11.6 Å². The SMILES string of the molecule is ClC1CCN(c2nccc3ccccc23)C1. The third kappa shape index (κ3) is 1.63. The summed E-state index contributed by atoms with van der Waals surface area (Å²) in [5, 5.41) is 2.72. The van der Waals surface area contributed by atoms with Crippen LogP contribution in [0.1, 0.15) is 6.42 Å². The second-order valence-corrected chi connectivity index (χ2v) is 4.80. The van der Waals surface area contributed by atoms with Crippen molar-refractivity contribution in [2.24, 2.45) is 0 Å². The third-order valence-electron chi connectivity index (χ3n) is 3.08. The molecule has 1 aliphatic heterocycles. The van der Waals surface area contributed by atoms with Crippen LogP contribution in [-0.2, 0) is 0 Å². The van der Waals surface area contributed by atoms with Crippen molar-refractivity contribution in [2.75, 3.05) is 18.0 Å². The maximum absolute atomic E-state index is 6.14. The summed E-state index contributed by atoms with van der Waals surface area (Å²) in [4.78, 5) is 6.77. The molecule has 1 fully saturated rings. The molecule has 2 heterocycles. The van der Waals surface area contributed by atoms with Crippen LogP contribution in [0.5, 0.6) is 0 Å². The quantitative estimate of drug-likeness (QED) is 0.703. The van der Waals surface area contributed by atoms with Gasteiger partial charge in [0.25, 0.3) is 0 Å². The smallest absolute Gasteiger partial charge is 0.136 e. The molecule has 0 spiro atoms. The molecular formula is C13H13ClN2. The molecule has 0 N–H and O–H groups in total. The lowest BCUT2D eigenvalue weighted by molar-refractivity contribution is 0.946. The van der Waals surface area contributed by atoms with Crippen molar-refractivity contribution in [3.05, 3.63) is 36.5 Å². The Labute approximate surface area is 99.8 Å². The van der Waals surface area contributed by atoms with Gasteiger partial charge in [0.1, 0.15) is 5.82 Å². The van der Waals surface area contributed by atoms with E-state index in [4.69, 9.17) is 11.6 Å². The zero-order valence-corrected chi connectivity index (χ0v) is 9.69. The van der Waals surface area contributed by atoms with Gasteiger partial charge in [-0.2, -0.15) is 0 Å². The summed E-state index contributed by atoms with van der Waals surface area (Å²) in [5.41, 5.74) is 0. The zero-order chi connectivity index (χ0) is 11.0. The third-order valence-corrected chi connectivity index (χ3v) is 3.44. The maximum Gasteiger partial charge on any atom is 0.136 e. The molecule has 1 aromatic heterocycles. The second-order valence-electron chi connectivity index (χ2n) is 4.19. The van der Waals surface area contributed by atoms with E-state index >= 15 is 0 Å². The summed E-state index contributed by atoms with van der Waals surface area (Å²) in [7, 11) is 0. The number of fused-ring (bicyclic) bond motifs is 1. The molecule has 0 saturated carbocycles. The van der Waals surface area contributed by atoms with E-state index in [2.05, 4.69) is 34.1 Å². The van der Waals surface area contributed by atoms with E-state index in [9.17, 15) is 0 Å². The highest BCUT2D eigenvalue weighted by molar-refractivity contribution is 6.21. The Morgan fingerprint density at radius 2 is 2.12 bits per heavy atom. The molecule has 0 bridgehead atoms. The van der Waals surface area contributed by atoms with Crippen LogP contribution < -0.4 is 4.90 Å². The first-order chi connectivity index (χ1) is 7.84. The summed E-state index contributed by atoms with van der Waals surface area (Å²) < 4.78 is 0. The van der Waals surface area contributed by atoms with Crippen LogP contribution in [0.4, 0.5) is 5.82 Å². The lowest BCUT2D eigenvalue weighted by atomic mass is 10.1. The largest absolute Gasteiger partial charge is 0.355 e. The van der Waals surface area contributed by atoms with Crippen LogP contribution in [0.15, 0.2) is 36.5 Å². The highest BCUT2D eigenvalue weighted by Crippen LogP contribution is 2.28. The summed E-state index contributed by atoms with van der Waals surface area (Å²) >= 11 is 6.14. The fourth-order valence-electron chi connectivity index (χ4n) is 2.27. The average Bonchev–Trinajstić information content (AvgIpc) is 2.75. The summed E-state index contributed by atoms with van der Waals surface area (Å²) in [5.74, 6) is 1.07. The van der Waals surface area contributed by atoms with Gasteiger partial charge in [-0.05, 0) is 17.9 Å². The topological polar surface area (TPSA) is 16.1 Å². The first-order valence-electron chi connectivity index (χ1n) is 5.57. The number of rotatable bonds is 1. The van der Waals surface area contributed by atoms with E-state index in [0.717, 1.165) is 25.3 Å². The van der Waals surface area contributed by atoms with Crippen molar-refractivity contribution in [1.82, 2.24) is 4.98 Å². The van der Waals surface area contributed by atoms with Gasteiger partial charge >= 0.3 is 0 Å². The number of anilines is 1. The number of pyridine rings is 1. The lowest BCUT2D eigenvalue weighted by Gasteiger charge is -2.18. The Bertz CT molecular complexity index is 507. The van der Waals surface area contributed by atoms with Crippen LogP contribution in [0.2, 0.25) is 0 Å². The van der Waals surface area contributed by atoms with Gasteiger partial charge in [-0.3, -0.25) is 0 Å². The lowest BCUT2D eigenvalue weighted by Crippen LogP contribution is -2.21. The predicted molar refractivity (Wildman–Crippen MR) is 68.2 cm³/mol. The molecule has 2 aromatic rings. The minimum absolute atomic E-state index is 0.265. The van der Waals surface area contributed by atoms with Crippen LogP contribution in [0.25, 0.3) is 10.8 Å². The molecule has 0 aliphatic carbocycles. The summed E-state index contributed by atoms with van der Waals surface area (Å²) in [6, 6.07) is 10.4. The van der Waals surface area contributed by atoms with Crippen LogP contribution in [0, 0.1) is 0 Å². The molecule has 1 saturated heterocycles. The molecule has 3 rings (SSSR count). The van der Waals surface area contributed by atoms with Crippen molar-refractivity contribution in [3.63, 3.8) is 0 Å². The number of hydrogen-bond donors (Lipinski definition) is 0. The molecular weight excluding hydrogens is 220 g/mol. The van der Waals surface area contributed by atoms with Gasteiger partial charge in [0.2, 0.25) is 0 Å². The fourth-order valence-corrected chi connectivity index (χ4v) is 2.53. The second kappa shape index (κ2) is 3.95. The molecule has 16 heavy (non-hydrogen) atoms. The average molecular weight is 233 g/mol. The number of nitrogens with zero attached hydrogens (tertiary/aromatic N) is 2. The van der Waals surface area contributed by atoms with Crippen molar-refractivity contribution < 1.29 is 0 Å². The number of aromatic nitrogens is 1. The number of benzene rings is 1. The predicted octanol–water partition coefficient (Wildman–Crippen LogP) is 3.05. The standard InChI is InChI=1S/C13H13ClN2/c14-11-6-8-16(9-11)13-12-4-2-1-3-10(12)5-7-15-13/h1-5,7,11H,6,8-9H2. The van der Waals surface area contributed by atoms with Gasteiger partial charge in [0, 0.05) is 24.7 Å². The van der Waals surface area contributed by atoms with Gasteiger partial charge in [-0.1, -0.05) is 24.3 Å². The number of alkyl halides is 1. The number of hydrogen-bond acceptors (Lipinski definition) is 2. The fraction of sp³-hybridized carbons (Fsp3) is 0.308. The Kier molecular flexibility index (Phi) is 2.44. The highest BCUT2D eigenvalue weighted by Gasteiger charge is 2.22. The van der Waals surface area contributed by atoms with E-state index in [0.29, 0.717) is 0 Å². The summed E-state index contributed by atoms with van der Waals surface area (Å²) in [6.45, 7) is 1.91. The van der Waals surface area contributed by atoms with Crippen LogP contribution in [0.3, 0.4) is 0 Å². The molecule has 1 aromatic carbocycles. The van der Waals surface area contributed by atoms with E-state index in [1.807, 2.05) is 12.3 Å². The first-order valence-corrected chi connectivity index (χ1v) is 6.01. The van der Waals surface area contributed by atoms with Gasteiger partial charge in [-0.25, -0.2) is 4.98 Å². The van der Waals surface area contributed by atoms with Gasteiger partial charge in [0.15, 0.2) is 0 Å². The minimum Gasteiger partial charge on any atom is -0.355 e. The van der Waals surface area contributed by atoms with E-state index in [1.165, 1.54) is 10.8 Å². The van der Waals surface area contributed by atoms with Gasteiger partial charge in [0.05, 0.1) is 5.38 Å². The van der Waals surface area contributed by atoms with Crippen molar-refractivity contribution >= 4 is 28.2 Å². The molecule has 0 radical (unpaired) electrons. The molecule has 0 amide bonds. The molecule has 1 atom stereocenters. The molecule has 2 nitrogen and oxygen atoms in total. The van der Waals surface area contributed by atoms with E-state index in [1.54, 1.807) is 0 Å². The van der Waals surface area contributed by atoms with Crippen molar-refractivity contribution in [2.45, 2.75) is 11.8 Å². The van der Waals surface area contributed by atoms with Crippen molar-refractivity contribution in [3.8, 4) is 0 Å². The van der Waals surface area contributed by atoms with E-state index < -0.39 is 0 Å². The highest BCUT2D eigenvalue weighted by atomic mass is 35.5. The Hall–Kier alpha value is -1.28. The monoisotopic (exact) mass is 232 g/mol. The molecule has 1 aliphatic rings. The van der Waals surface area contributed by atoms with E-state index in [-0.39, 0.29) is 5.38 Å². The normalized spacial score (nSPS) is 20.6. The Balaban J connectivity index is 2.09. The minimum atomic E-state index is 0.265. The maximum atomic E-state index is 6.14. The molecule has 82 valence electrons. The van der Waals surface area contributed by atoms with Crippen LogP contribution in [-0.4, -0.2) is 23.5 Å².